The normalized spacial score (nSPS) is 20.1. The minimum Gasteiger partial charge on any atom is -0.491 e. The standard InChI is InChI=1S/C17H25NO6/c1-21-9-10-23-15-4-2-3-14(11-15)16(20)18-12-17(24-8-6-19)5-7-22-13-17/h2-4,11,19H,5-10,12-13H2,1H3,(H,18,20). The van der Waals surface area contributed by atoms with Crippen LogP contribution in [0.3, 0.4) is 0 Å². The van der Waals surface area contributed by atoms with E-state index in [0.717, 1.165) is 0 Å². The second kappa shape index (κ2) is 9.58. The number of carbonyl (C=O) groups is 1. The van der Waals surface area contributed by atoms with Crippen molar-refractivity contribution in [2.45, 2.75) is 12.0 Å². The van der Waals surface area contributed by atoms with Crippen molar-refractivity contribution in [1.82, 2.24) is 5.32 Å². The Hall–Kier alpha value is -1.67. The number of hydrogen-bond acceptors (Lipinski definition) is 6. The fourth-order valence-electron chi connectivity index (χ4n) is 2.47. The molecular weight excluding hydrogens is 314 g/mol. The highest BCUT2D eigenvalue weighted by Gasteiger charge is 2.36. The van der Waals surface area contributed by atoms with Crippen molar-refractivity contribution in [3.05, 3.63) is 29.8 Å². The summed E-state index contributed by atoms with van der Waals surface area (Å²) in [5, 5.41) is 11.8. The van der Waals surface area contributed by atoms with E-state index in [1.807, 2.05) is 0 Å². The maximum Gasteiger partial charge on any atom is 0.251 e. The first-order chi connectivity index (χ1) is 11.7. The lowest BCUT2D eigenvalue weighted by atomic mass is 10.0. The molecule has 7 heteroatoms. The van der Waals surface area contributed by atoms with E-state index < -0.39 is 5.60 Å². The van der Waals surface area contributed by atoms with E-state index in [2.05, 4.69) is 5.32 Å². The van der Waals surface area contributed by atoms with E-state index >= 15 is 0 Å². The number of amides is 1. The maximum atomic E-state index is 12.4. The van der Waals surface area contributed by atoms with Crippen LogP contribution in [-0.2, 0) is 14.2 Å². The minimum atomic E-state index is -0.565. The molecule has 7 nitrogen and oxygen atoms in total. The smallest absolute Gasteiger partial charge is 0.251 e. The Labute approximate surface area is 141 Å². The molecule has 1 saturated heterocycles. The molecule has 2 N–H and O–H groups in total. The summed E-state index contributed by atoms with van der Waals surface area (Å²) in [5.41, 5.74) is -0.0496. The van der Waals surface area contributed by atoms with Crippen molar-refractivity contribution in [3.63, 3.8) is 0 Å². The fourth-order valence-corrected chi connectivity index (χ4v) is 2.47. The molecule has 0 saturated carbocycles. The van der Waals surface area contributed by atoms with Crippen LogP contribution < -0.4 is 10.1 Å². The Kier molecular flexibility index (Phi) is 7.45. The summed E-state index contributed by atoms with van der Waals surface area (Å²) < 4.78 is 21.5. The van der Waals surface area contributed by atoms with Gasteiger partial charge >= 0.3 is 0 Å². The number of ether oxygens (including phenoxy) is 4. The summed E-state index contributed by atoms with van der Waals surface area (Å²) in [6.07, 6.45) is 0.688. The van der Waals surface area contributed by atoms with E-state index in [4.69, 9.17) is 24.1 Å². The molecule has 0 aromatic heterocycles. The van der Waals surface area contributed by atoms with Crippen LogP contribution in [0.1, 0.15) is 16.8 Å². The molecule has 2 rings (SSSR count). The van der Waals surface area contributed by atoms with E-state index in [1.165, 1.54) is 0 Å². The average molecular weight is 339 g/mol. The number of aliphatic hydroxyl groups is 1. The van der Waals surface area contributed by atoms with Crippen molar-refractivity contribution in [2.24, 2.45) is 0 Å². The van der Waals surface area contributed by atoms with Crippen molar-refractivity contribution in [2.75, 3.05) is 53.3 Å². The molecule has 1 fully saturated rings. The van der Waals surface area contributed by atoms with Gasteiger partial charge in [0.05, 0.1) is 26.4 Å². The van der Waals surface area contributed by atoms with Gasteiger partial charge < -0.3 is 29.4 Å². The summed E-state index contributed by atoms with van der Waals surface area (Å²) in [6, 6.07) is 6.99. The summed E-state index contributed by atoms with van der Waals surface area (Å²) in [6.45, 7) is 2.41. The third-order valence-corrected chi connectivity index (χ3v) is 3.79. The molecule has 0 aliphatic carbocycles. The second-order valence-electron chi connectivity index (χ2n) is 5.61. The molecule has 1 aliphatic heterocycles. The first kappa shape index (κ1) is 18.7. The number of rotatable bonds is 10. The first-order valence-corrected chi connectivity index (χ1v) is 8.02. The topological polar surface area (TPSA) is 86.3 Å². The molecule has 1 amide bonds. The van der Waals surface area contributed by atoms with Crippen LogP contribution in [0.2, 0.25) is 0 Å². The van der Waals surface area contributed by atoms with Crippen LogP contribution in [0.5, 0.6) is 5.75 Å². The van der Waals surface area contributed by atoms with Gasteiger partial charge in [0.25, 0.3) is 5.91 Å². The zero-order valence-electron chi connectivity index (χ0n) is 14.0. The van der Waals surface area contributed by atoms with Crippen molar-refractivity contribution in [1.29, 1.82) is 0 Å². The maximum absolute atomic E-state index is 12.4. The molecule has 134 valence electrons. The van der Waals surface area contributed by atoms with Gasteiger partial charge in [-0.1, -0.05) is 6.07 Å². The molecule has 1 aromatic carbocycles. The molecule has 0 radical (unpaired) electrons. The van der Waals surface area contributed by atoms with Crippen LogP contribution >= 0.6 is 0 Å². The van der Waals surface area contributed by atoms with Gasteiger partial charge in [-0.05, 0) is 18.2 Å². The zero-order valence-corrected chi connectivity index (χ0v) is 14.0. The molecular formula is C17H25NO6. The number of aliphatic hydroxyl groups excluding tert-OH is 1. The molecule has 1 atom stereocenters. The SMILES string of the molecule is COCCOc1cccc(C(=O)NCC2(OCCO)CCOC2)c1. The number of hydrogen-bond donors (Lipinski definition) is 2. The number of nitrogens with one attached hydrogen (secondary N) is 1. The number of methoxy groups -OCH3 is 1. The van der Waals surface area contributed by atoms with Crippen LogP contribution in [-0.4, -0.2) is 69.9 Å². The lowest BCUT2D eigenvalue weighted by molar-refractivity contribution is -0.0582. The van der Waals surface area contributed by atoms with E-state index in [1.54, 1.807) is 31.4 Å². The highest BCUT2D eigenvalue weighted by atomic mass is 16.6. The van der Waals surface area contributed by atoms with Crippen LogP contribution in [0.25, 0.3) is 0 Å². The summed E-state index contributed by atoms with van der Waals surface area (Å²) >= 11 is 0. The lowest BCUT2D eigenvalue weighted by Gasteiger charge is -2.27. The number of carbonyl (C=O) groups excluding carboxylic acids is 1. The van der Waals surface area contributed by atoms with E-state index in [9.17, 15) is 4.79 Å². The molecule has 0 spiro atoms. The Morgan fingerprint density at radius 2 is 2.25 bits per heavy atom. The van der Waals surface area contributed by atoms with Gasteiger partial charge in [-0.15, -0.1) is 0 Å². The predicted molar refractivity (Wildman–Crippen MR) is 87.4 cm³/mol. The van der Waals surface area contributed by atoms with E-state index in [0.29, 0.717) is 50.7 Å². The molecule has 0 bridgehead atoms. The van der Waals surface area contributed by atoms with Crippen LogP contribution in [0.15, 0.2) is 24.3 Å². The third-order valence-electron chi connectivity index (χ3n) is 3.79. The average Bonchev–Trinajstić information content (AvgIpc) is 3.08. The predicted octanol–water partition coefficient (Wildman–Crippen LogP) is 0.610. The van der Waals surface area contributed by atoms with E-state index in [-0.39, 0.29) is 19.1 Å². The largest absolute Gasteiger partial charge is 0.491 e. The van der Waals surface area contributed by atoms with Crippen molar-refractivity contribution < 1.29 is 28.8 Å². The molecule has 24 heavy (non-hydrogen) atoms. The molecule has 1 aliphatic rings. The van der Waals surface area contributed by atoms with Gasteiger partial charge in [0.1, 0.15) is 18.0 Å². The summed E-state index contributed by atoms with van der Waals surface area (Å²) in [4.78, 5) is 12.4. The zero-order chi connectivity index (χ0) is 17.3. The van der Waals surface area contributed by atoms with Gasteiger partial charge in [-0.2, -0.15) is 0 Å². The van der Waals surface area contributed by atoms with Gasteiger partial charge in [0.15, 0.2) is 0 Å². The monoisotopic (exact) mass is 339 g/mol. The fraction of sp³-hybridized carbons (Fsp3) is 0.588. The van der Waals surface area contributed by atoms with Crippen molar-refractivity contribution >= 4 is 5.91 Å². The first-order valence-electron chi connectivity index (χ1n) is 8.02. The van der Waals surface area contributed by atoms with Gasteiger partial charge in [-0.25, -0.2) is 0 Å². The van der Waals surface area contributed by atoms with Crippen molar-refractivity contribution in [3.8, 4) is 5.75 Å². The van der Waals surface area contributed by atoms with Gasteiger partial charge in [0.2, 0.25) is 0 Å². The number of benzene rings is 1. The van der Waals surface area contributed by atoms with Crippen LogP contribution in [0.4, 0.5) is 0 Å². The van der Waals surface area contributed by atoms with Gasteiger partial charge in [0, 0.05) is 32.2 Å². The molecule has 1 aromatic rings. The highest BCUT2D eigenvalue weighted by Crippen LogP contribution is 2.22. The molecule has 1 heterocycles. The van der Waals surface area contributed by atoms with Gasteiger partial charge in [-0.3, -0.25) is 4.79 Å². The second-order valence-corrected chi connectivity index (χ2v) is 5.61. The molecule has 1 unspecified atom stereocenters. The summed E-state index contributed by atoms with van der Waals surface area (Å²) in [5.74, 6) is 0.418. The highest BCUT2D eigenvalue weighted by molar-refractivity contribution is 5.94. The third kappa shape index (κ3) is 5.45. The Balaban J connectivity index is 1.90. The minimum absolute atomic E-state index is 0.0590. The Bertz CT molecular complexity index is 516. The Morgan fingerprint density at radius 1 is 1.38 bits per heavy atom. The quantitative estimate of drug-likeness (QED) is 0.608. The Morgan fingerprint density at radius 3 is 2.96 bits per heavy atom. The summed E-state index contributed by atoms with van der Waals surface area (Å²) in [7, 11) is 1.61. The van der Waals surface area contributed by atoms with Crippen LogP contribution in [0, 0.1) is 0 Å². The lowest BCUT2D eigenvalue weighted by Crippen LogP contribution is -2.46.